The van der Waals surface area contributed by atoms with Crippen LogP contribution in [0.5, 0.6) is 5.75 Å². The predicted octanol–water partition coefficient (Wildman–Crippen LogP) is 9.78. The van der Waals surface area contributed by atoms with Gasteiger partial charge in [0.1, 0.15) is 11.9 Å². The number of aliphatic carboxylic acids is 1. The maximum absolute atomic E-state index is 10.8. The lowest BCUT2D eigenvalue weighted by Crippen LogP contribution is -2.43. The minimum Gasteiger partial charge on any atom is -0.497 e. The van der Waals surface area contributed by atoms with Crippen LogP contribution in [-0.2, 0) is 34.8 Å². The van der Waals surface area contributed by atoms with Gasteiger partial charge >= 0.3 is 5.97 Å². The summed E-state index contributed by atoms with van der Waals surface area (Å²) in [6.45, 7) is 21.3. The predicted molar refractivity (Wildman–Crippen MR) is 220 cm³/mol. The number of carbonyl (C=O) groups is 1. The third-order valence-corrected chi connectivity index (χ3v) is 14.9. The third-order valence-electron chi connectivity index (χ3n) is 10.4. The van der Waals surface area contributed by atoms with Gasteiger partial charge in [0, 0.05) is 19.5 Å². The van der Waals surface area contributed by atoms with Gasteiger partial charge in [-0.3, -0.25) is 0 Å². The molecule has 8 nitrogen and oxygen atoms in total. The molecule has 0 saturated heterocycles. The van der Waals surface area contributed by atoms with Crippen molar-refractivity contribution in [3.63, 3.8) is 0 Å². The van der Waals surface area contributed by atoms with E-state index >= 15 is 0 Å². The molecule has 0 saturated carbocycles. The summed E-state index contributed by atoms with van der Waals surface area (Å²) >= 11 is 0. The second kappa shape index (κ2) is 22.4. The molecule has 0 bridgehead atoms. The minimum atomic E-state index is -2.11. The van der Waals surface area contributed by atoms with Gasteiger partial charge in [-0.2, -0.15) is 0 Å². The van der Waals surface area contributed by atoms with Crippen molar-refractivity contribution in [2.24, 2.45) is 5.92 Å². The molecule has 1 aromatic rings. The maximum Gasteiger partial charge on any atom is 0.381 e. The molecule has 3 rings (SSSR count). The summed E-state index contributed by atoms with van der Waals surface area (Å²) in [5.74, 6) is 4.93. The van der Waals surface area contributed by atoms with Crippen LogP contribution < -0.4 is 4.74 Å². The lowest BCUT2D eigenvalue weighted by molar-refractivity contribution is -0.130. The molecule has 2 aliphatic rings. The molecule has 9 heteroatoms. The fraction of sp³-hybridized carbons (Fsp3) is 0.578. The highest BCUT2D eigenvalue weighted by atomic mass is 28.4. The van der Waals surface area contributed by atoms with Gasteiger partial charge in [-0.1, -0.05) is 106 Å². The number of hydrogen-bond donors (Lipinski definition) is 1. The Hall–Kier alpha value is -3.23. The van der Waals surface area contributed by atoms with E-state index in [4.69, 9.17) is 33.2 Å². The zero-order valence-corrected chi connectivity index (χ0v) is 35.3. The van der Waals surface area contributed by atoms with E-state index in [0.717, 1.165) is 49.0 Å². The van der Waals surface area contributed by atoms with E-state index in [-0.39, 0.29) is 41.7 Å². The molecule has 0 aliphatic carbocycles. The second-order valence-electron chi connectivity index (χ2n) is 16.3. The van der Waals surface area contributed by atoms with Crippen LogP contribution in [0.1, 0.15) is 85.1 Å². The fourth-order valence-corrected chi connectivity index (χ4v) is 7.67. The van der Waals surface area contributed by atoms with E-state index in [1.54, 1.807) is 14.2 Å². The summed E-state index contributed by atoms with van der Waals surface area (Å²) in [6, 6.07) is 7.95. The van der Waals surface area contributed by atoms with Crippen molar-refractivity contribution in [2.45, 2.75) is 141 Å². The molecule has 0 aromatic heterocycles. The van der Waals surface area contributed by atoms with Crippen molar-refractivity contribution >= 4 is 14.3 Å². The zero-order valence-electron chi connectivity index (χ0n) is 34.3. The van der Waals surface area contributed by atoms with Gasteiger partial charge in [0.05, 0.1) is 50.8 Å². The lowest BCUT2D eigenvalue weighted by atomic mass is 9.91. The Morgan fingerprint density at radius 2 is 1.89 bits per heavy atom. The van der Waals surface area contributed by atoms with Gasteiger partial charge in [0.2, 0.25) is 0 Å². The molecule has 0 spiro atoms. The highest BCUT2D eigenvalue weighted by Crippen LogP contribution is 2.38. The summed E-state index contributed by atoms with van der Waals surface area (Å²) in [5.41, 5.74) is 3.53. The number of benzene rings is 1. The first-order valence-corrected chi connectivity index (χ1v) is 22.3. The molecule has 1 unspecified atom stereocenters. The van der Waals surface area contributed by atoms with E-state index < -0.39 is 14.3 Å². The first kappa shape index (κ1) is 45.2. The van der Waals surface area contributed by atoms with Crippen LogP contribution in [0.3, 0.4) is 0 Å². The summed E-state index contributed by atoms with van der Waals surface area (Å²) in [5, 5.41) is 8.89. The Labute approximate surface area is 326 Å². The van der Waals surface area contributed by atoms with Crippen molar-refractivity contribution in [3.8, 4) is 17.6 Å². The van der Waals surface area contributed by atoms with E-state index in [1.807, 2.05) is 30.3 Å². The molecule has 298 valence electrons. The highest BCUT2D eigenvalue weighted by Gasteiger charge is 2.39. The maximum atomic E-state index is 10.8. The Morgan fingerprint density at radius 1 is 1.15 bits per heavy atom. The Bertz CT molecular complexity index is 1510. The van der Waals surface area contributed by atoms with Crippen molar-refractivity contribution < 1.29 is 38.0 Å². The van der Waals surface area contributed by atoms with Crippen LogP contribution in [-0.4, -0.2) is 76.8 Å². The first-order valence-electron chi connectivity index (χ1n) is 19.4. The van der Waals surface area contributed by atoms with Crippen molar-refractivity contribution in [1.29, 1.82) is 0 Å². The van der Waals surface area contributed by atoms with Crippen molar-refractivity contribution in [2.75, 3.05) is 20.8 Å². The van der Waals surface area contributed by atoms with Crippen LogP contribution in [0.15, 0.2) is 84.5 Å². The Kier molecular flexibility index (Phi) is 18.7. The smallest absolute Gasteiger partial charge is 0.381 e. The van der Waals surface area contributed by atoms with Gasteiger partial charge in [0.15, 0.2) is 8.32 Å². The third kappa shape index (κ3) is 16.2. The fourth-order valence-electron chi connectivity index (χ4n) is 6.39. The average Bonchev–Trinajstić information content (AvgIpc) is 3.10. The molecule has 7 atom stereocenters. The SMILES string of the molecule is C=C(CC(/C=C/C[C@H](OCc1ccc(OC)cc1)[C@H](/C=C/[C@@H]1CC(C)=CCO1)OC)O[Si](C)(C)C(C)(C)C)C[C@H](C)C[C@@H]1CC=C[C@@H](CC#CC(=O)O)O1. The molecular weight excluding hydrogens is 697 g/mol. The molecule has 1 aromatic carbocycles. The average molecular weight is 763 g/mol. The van der Waals surface area contributed by atoms with Crippen LogP contribution in [0.4, 0.5) is 0 Å². The molecule has 2 heterocycles. The van der Waals surface area contributed by atoms with E-state index in [1.165, 1.54) is 5.57 Å². The van der Waals surface area contributed by atoms with Gasteiger partial charge in [0.25, 0.3) is 0 Å². The molecule has 0 radical (unpaired) electrons. The Balaban J connectivity index is 1.72. The van der Waals surface area contributed by atoms with Crippen molar-refractivity contribution in [1.82, 2.24) is 0 Å². The normalized spacial score (nSPS) is 21.6. The first-order chi connectivity index (χ1) is 25.6. The van der Waals surface area contributed by atoms with Crippen LogP contribution in [0.25, 0.3) is 0 Å². The minimum absolute atomic E-state index is 0.0156. The summed E-state index contributed by atoms with van der Waals surface area (Å²) in [7, 11) is 1.28. The lowest BCUT2D eigenvalue weighted by Gasteiger charge is -2.39. The molecule has 0 amide bonds. The van der Waals surface area contributed by atoms with Crippen LogP contribution >= 0.6 is 0 Å². The monoisotopic (exact) mass is 762 g/mol. The number of carboxylic acids is 1. The van der Waals surface area contributed by atoms with Gasteiger partial charge < -0.3 is 33.2 Å². The quantitative estimate of drug-likeness (QED) is 0.0798. The van der Waals surface area contributed by atoms with Crippen molar-refractivity contribution in [3.05, 3.63) is 90.1 Å². The molecule has 2 aliphatic heterocycles. The summed E-state index contributed by atoms with van der Waals surface area (Å²) < 4.78 is 37.2. The Morgan fingerprint density at radius 3 is 2.54 bits per heavy atom. The van der Waals surface area contributed by atoms with E-state index in [0.29, 0.717) is 32.0 Å². The largest absolute Gasteiger partial charge is 0.497 e. The van der Waals surface area contributed by atoms with Crippen LogP contribution in [0.2, 0.25) is 18.1 Å². The zero-order chi connectivity index (χ0) is 39.7. The number of rotatable bonds is 20. The number of hydrogen-bond acceptors (Lipinski definition) is 7. The summed E-state index contributed by atoms with van der Waals surface area (Å²) in [4.78, 5) is 10.8. The topological polar surface area (TPSA) is 92.7 Å². The van der Waals surface area contributed by atoms with E-state index in [2.05, 4.69) is 103 Å². The number of carboxylic acid groups (broad SMARTS) is 1. The molecule has 0 fully saturated rings. The number of methoxy groups -OCH3 is 2. The second-order valence-corrected chi connectivity index (χ2v) is 21.0. The summed E-state index contributed by atoms with van der Waals surface area (Å²) in [6.07, 6.45) is 19.2. The highest BCUT2D eigenvalue weighted by molar-refractivity contribution is 6.74. The van der Waals surface area contributed by atoms with Gasteiger partial charge in [-0.05, 0) is 87.2 Å². The number of ether oxygens (including phenoxy) is 5. The van der Waals surface area contributed by atoms with Gasteiger partial charge in [-0.25, -0.2) is 4.79 Å². The van der Waals surface area contributed by atoms with Crippen LogP contribution in [0, 0.1) is 17.8 Å². The molecule has 54 heavy (non-hydrogen) atoms. The standard InChI is InChI=1S/C45H66O8Si/c1-33-26-27-50-39(29-33)24-25-42(49-8)43(51-32-36-20-22-37(48-7)23-21-36)18-12-17-41(53-54(9,10)45(4,5)6)31-35(3)28-34(2)30-40-16-11-14-38(52-40)15-13-19-44(46)47/h11-12,14,17,20-26,34,38-43H,3,15-16,18,27-32H2,1-2,4-10H3,(H,46,47)/b17-12+,25-24+/t34-,38-,39+,40-,41?,42-,43-/m0/s1. The van der Waals surface area contributed by atoms with E-state index in [9.17, 15) is 4.79 Å². The molecule has 1 N–H and O–H groups in total. The molecular formula is C45H66O8Si. The van der Waals surface area contributed by atoms with Gasteiger partial charge in [-0.15, -0.1) is 0 Å².